The molecule has 24 heavy (non-hydrogen) atoms. The molecule has 1 N–H and O–H groups in total. The number of halogens is 1. The van der Waals surface area contributed by atoms with Gasteiger partial charge in [0.1, 0.15) is 5.00 Å². The summed E-state index contributed by atoms with van der Waals surface area (Å²) in [7, 11) is 0. The van der Waals surface area contributed by atoms with Gasteiger partial charge in [-0.25, -0.2) is 0 Å². The van der Waals surface area contributed by atoms with E-state index in [0.29, 0.717) is 9.89 Å². The van der Waals surface area contributed by atoms with Gasteiger partial charge in [0.15, 0.2) is 5.16 Å². The van der Waals surface area contributed by atoms with Gasteiger partial charge in [-0.05, 0) is 47.0 Å². The first-order chi connectivity index (χ1) is 11.5. The van der Waals surface area contributed by atoms with Crippen LogP contribution in [0, 0.1) is 13.8 Å². The summed E-state index contributed by atoms with van der Waals surface area (Å²) in [6, 6.07) is 10.5. The number of aryl methyl sites for hydroxylation is 2. The van der Waals surface area contributed by atoms with Gasteiger partial charge in [-0.3, -0.25) is 9.36 Å². The van der Waals surface area contributed by atoms with Crippen LogP contribution in [0.1, 0.15) is 11.1 Å². The maximum Gasteiger partial charge on any atom is 0.313 e. The zero-order valence-corrected chi connectivity index (χ0v) is 16.2. The third-order valence-electron chi connectivity index (χ3n) is 3.36. The van der Waals surface area contributed by atoms with Crippen molar-refractivity contribution >= 4 is 45.0 Å². The lowest BCUT2D eigenvalue weighted by Crippen LogP contribution is -2.01. The molecule has 0 atom stereocenters. The Kier molecular flexibility index (Phi) is 5.07. The fraction of sp³-hybridized carbons (Fsp3) is 0.188. The molecule has 0 radical (unpaired) electrons. The average molecular weight is 424 g/mol. The minimum atomic E-state index is -0.881. The molecule has 124 valence electrons. The van der Waals surface area contributed by atoms with Crippen molar-refractivity contribution in [2.45, 2.75) is 19.0 Å². The number of carboxylic acids is 1. The van der Waals surface area contributed by atoms with Gasteiger partial charge in [0.2, 0.25) is 4.73 Å². The van der Waals surface area contributed by atoms with Crippen molar-refractivity contribution in [2.75, 3.05) is 5.75 Å². The van der Waals surface area contributed by atoms with Crippen LogP contribution >= 0.6 is 39.0 Å². The lowest BCUT2D eigenvalue weighted by molar-refractivity contribution is -0.133. The van der Waals surface area contributed by atoms with Gasteiger partial charge in [0, 0.05) is 4.88 Å². The fourth-order valence-electron chi connectivity index (χ4n) is 2.22. The summed E-state index contributed by atoms with van der Waals surface area (Å²) in [5.41, 5.74) is 3.55. The van der Waals surface area contributed by atoms with E-state index in [1.165, 1.54) is 16.0 Å². The molecule has 0 amide bonds. The van der Waals surface area contributed by atoms with Crippen LogP contribution in [0.25, 0.3) is 15.4 Å². The standard InChI is InChI=1S/C16H14BrN3O2S2/c1-9-3-5-11(6-4-9)14-10(2)7-12(24-14)20-15(17)18-19-16(20)23-8-13(21)22/h3-7H,8H2,1-2H3,(H,21,22). The second-order valence-corrected chi connectivity index (χ2v) is 7.91. The van der Waals surface area contributed by atoms with Crippen molar-refractivity contribution in [3.8, 4) is 15.4 Å². The lowest BCUT2D eigenvalue weighted by atomic mass is 10.1. The summed E-state index contributed by atoms with van der Waals surface area (Å²) in [5.74, 6) is -0.936. The zero-order valence-electron chi connectivity index (χ0n) is 13.0. The molecule has 0 bridgehead atoms. The average Bonchev–Trinajstić information content (AvgIpc) is 3.09. The maximum absolute atomic E-state index is 10.8. The Balaban J connectivity index is 1.99. The van der Waals surface area contributed by atoms with Crippen molar-refractivity contribution in [1.82, 2.24) is 14.8 Å². The molecule has 2 aromatic heterocycles. The van der Waals surface area contributed by atoms with Gasteiger partial charge in [0.05, 0.1) is 5.75 Å². The van der Waals surface area contributed by atoms with Gasteiger partial charge in [-0.2, -0.15) is 0 Å². The van der Waals surface area contributed by atoms with Gasteiger partial charge in [-0.1, -0.05) is 41.6 Å². The number of carbonyl (C=O) groups is 1. The van der Waals surface area contributed by atoms with Gasteiger partial charge in [-0.15, -0.1) is 21.5 Å². The van der Waals surface area contributed by atoms with E-state index in [-0.39, 0.29) is 5.75 Å². The highest BCUT2D eigenvalue weighted by Gasteiger charge is 2.17. The van der Waals surface area contributed by atoms with E-state index in [1.807, 2.05) is 4.57 Å². The zero-order chi connectivity index (χ0) is 17.3. The highest BCUT2D eigenvalue weighted by molar-refractivity contribution is 9.10. The van der Waals surface area contributed by atoms with E-state index >= 15 is 0 Å². The first kappa shape index (κ1) is 17.2. The Morgan fingerprint density at radius 2 is 2.00 bits per heavy atom. The number of thioether (sulfide) groups is 1. The number of hydrogen-bond donors (Lipinski definition) is 1. The van der Waals surface area contributed by atoms with Crippen LogP contribution in [0.4, 0.5) is 0 Å². The molecule has 0 saturated heterocycles. The van der Waals surface area contributed by atoms with E-state index in [1.54, 1.807) is 11.3 Å². The molecule has 0 aliphatic rings. The molecule has 3 aromatic rings. The Labute approximate surface area is 155 Å². The fourth-order valence-corrected chi connectivity index (χ4v) is 4.80. The highest BCUT2D eigenvalue weighted by atomic mass is 79.9. The summed E-state index contributed by atoms with van der Waals surface area (Å²) in [6.45, 7) is 4.13. The number of thiophene rings is 1. The summed E-state index contributed by atoms with van der Waals surface area (Å²) in [5, 5.41) is 18.5. The molecule has 0 aliphatic carbocycles. The predicted octanol–water partition coefficient (Wildman–Crippen LogP) is 4.55. The minimum absolute atomic E-state index is 0.0552. The van der Waals surface area contributed by atoms with Gasteiger partial charge >= 0.3 is 5.97 Å². The number of aliphatic carboxylic acids is 1. The van der Waals surface area contributed by atoms with Crippen LogP contribution in [0.5, 0.6) is 0 Å². The van der Waals surface area contributed by atoms with E-state index in [4.69, 9.17) is 5.11 Å². The molecule has 5 nitrogen and oxygen atoms in total. The maximum atomic E-state index is 10.8. The highest BCUT2D eigenvalue weighted by Crippen LogP contribution is 2.37. The number of nitrogens with zero attached hydrogens (tertiary/aromatic N) is 3. The second kappa shape index (κ2) is 7.08. The topological polar surface area (TPSA) is 68.0 Å². The molecule has 8 heteroatoms. The molecule has 0 unspecified atom stereocenters. The molecule has 0 spiro atoms. The van der Waals surface area contributed by atoms with Crippen LogP contribution in [-0.2, 0) is 4.79 Å². The van der Waals surface area contributed by atoms with Crippen LogP contribution in [-0.4, -0.2) is 31.6 Å². The molecule has 0 saturated carbocycles. The quantitative estimate of drug-likeness (QED) is 0.609. The molecule has 3 rings (SSSR count). The lowest BCUT2D eigenvalue weighted by Gasteiger charge is -2.03. The van der Waals surface area contributed by atoms with Crippen LogP contribution in [0.3, 0.4) is 0 Å². The number of carboxylic acid groups (broad SMARTS) is 1. The monoisotopic (exact) mass is 423 g/mol. The summed E-state index contributed by atoms with van der Waals surface area (Å²) in [6.07, 6.45) is 0. The third kappa shape index (κ3) is 3.55. The largest absolute Gasteiger partial charge is 0.481 e. The van der Waals surface area contributed by atoms with Crippen molar-refractivity contribution in [3.05, 3.63) is 46.2 Å². The van der Waals surface area contributed by atoms with Crippen LogP contribution in [0.15, 0.2) is 40.2 Å². The van der Waals surface area contributed by atoms with Crippen LogP contribution in [0.2, 0.25) is 0 Å². The van der Waals surface area contributed by atoms with E-state index < -0.39 is 5.97 Å². The number of aromatic nitrogens is 3. The molecule has 1 aromatic carbocycles. The molecular weight excluding hydrogens is 410 g/mol. The number of benzene rings is 1. The molecular formula is C16H14BrN3O2S2. The number of rotatable bonds is 5. The van der Waals surface area contributed by atoms with Crippen molar-refractivity contribution in [3.63, 3.8) is 0 Å². The van der Waals surface area contributed by atoms with Crippen LogP contribution < -0.4 is 0 Å². The Bertz CT molecular complexity index is 887. The van der Waals surface area contributed by atoms with E-state index in [2.05, 4.69) is 70.3 Å². The predicted molar refractivity (Wildman–Crippen MR) is 100 cm³/mol. The third-order valence-corrected chi connectivity index (χ3v) is 6.06. The first-order valence-electron chi connectivity index (χ1n) is 7.09. The molecule has 0 fully saturated rings. The molecule has 2 heterocycles. The van der Waals surface area contributed by atoms with Crippen molar-refractivity contribution in [2.24, 2.45) is 0 Å². The first-order valence-corrected chi connectivity index (χ1v) is 9.68. The summed E-state index contributed by atoms with van der Waals surface area (Å²) >= 11 is 6.18. The van der Waals surface area contributed by atoms with E-state index in [0.717, 1.165) is 22.3 Å². The molecule has 0 aliphatic heterocycles. The smallest absolute Gasteiger partial charge is 0.313 e. The second-order valence-electron chi connectivity index (χ2n) is 5.23. The van der Waals surface area contributed by atoms with E-state index in [9.17, 15) is 4.79 Å². The van der Waals surface area contributed by atoms with Crippen molar-refractivity contribution < 1.29 is 9.90 Å². The van der Waals surface area contributed by atoms with Gasteiger partial charge in [0.25, 0.3) is 0 Å². The SMILES string of the molecule is Cc1ccc(-c2sc(-n3c(Br)nnc3SCC(=O)O)cc2C)cc1. The summed E-state index contributed by atoms with van der Waals surface area (Å²) in [4.78, 5) is 12.0. The Hall–Kier alpha value is -1.64. The summed E-state index contributed by atoms with van der Waals surface area (Å²) < 4.78 is 2.40. The Morgan fingerprint density at radius 3 is 2.67 bits per heavy atom. The Morgan fingerprint density at radius 1 is 1.29 bits per heavy atom. The minimum Gasteiger partial charge on any atom is -0.481 e. The number of hydrogen-bond acceptors (Lipinski definition) is 5. The normalized spacial score (nSPS) is 11.0. The van der Waals surface area contributed by atoms with Gasteiger partial charge < -0.3 is 5.11 Å². The van der Waals surface area contributed by atoms with Crippen molar-refractivity contribution in [1.29, 1.82) is 0 Å².